The molecule has 1 N–H and O–H groups in total. The molecule has 1 aromatic carbocycles. The van der Waals surface area contributed by atoms with E-state index in [9.17, 15) is 9.59 Å². The summed E-state index contributed by atoms with van der Waals surface area (Å²) in [4.78, 5) is 25.6. The van der Waals surface area contributed by atoms with E-state index in [1.165, 1.54) is 0 Å². The molecule has 1 heterocycles. The van der Waals surface area contributed by atoms with Crippen LogP contribution in [0.3, 0.4) is 0 Å². The molecule has 0 aliphatic carbocycles. The standard InChI is InChI=1S/C15H14Cl2N2O2/c1-2-4-14(20)18-12-5-3-8-19(15(12)21)13-7-6-10(16)9-11(13)17/h6-7,9,12H,3,5,8H2,1H3,(H,18,20)/t12-/m1/s1. The first kappa shape index (κ1) is 15.7. The van der Waals surface area contributed by atoms with E-state index in [0.717, 1.165) is 6.42 Å². The van der Waals surface area contributed by atoms with Gasteiger partial charge in [-0.3, -0.25) is 9.59 Å². The molecule has 0 bridgehead atoms. The number of carbonyl (C=O) groups is 2. The first-order chi connectivity index (χ1) is 10.0. The summed E-state index contributed by atoms with van der Waals surface area (Å²) in [5.41, 5.74) is 0.603. The van der Waals surface area contributed by atoms with Gasteiger partial charge >= 0.3 is 0 Å². The topological polar surface area (TPSA) is 49.4 Å². The lowest BCUT2D eigenvalue weighted by molar-refractivity contribution is -0.126. The molecular weight excluding hydrogens is 311 g/mol. The number of hydrogen-bond acceptors (Lipinski definition) is 2. The Kier molecular flexibility index (Phi) is 5.11. The van der Waals surface area contributed by atoms with Crippen LogP contribution in [0.5, 0.6) is 0 Å². The van der Waals surface area contributed by atoms with Crippen LogP contribution in [-0.4, -0.2) is 24.4 Å². The number of halogens is 2. The van der Waals surface area contributed by atoms with Crippen LogP contribution >= 0.6 is 23.2 Å². The number of piperidine rings is 1. The molecule has 2 rings (SSSR count). The summed E-state index contributed by atoms with van der Waals surface area (Å²) in [5, 5.41) is 3.55. The third-order valence-electron chi connectivity index (χ3n) is 3.18. The van der Waals surface area contributed by atoms with Crippen molar-refractivity contribution in [3.8, 4) is 11.8 Å². The van der Waals surface area contributed by atoms with Crippen LogP contribution in [0.25, 0.3) is 0 Å². The second-order valence-corrected chi connectivity index (χ2v) is 5.47. The number of nitrogens with zero attached hydrogens (tertiary/aromatic N) is 1. The van der Waals surface area contributed by atoms with Crippen molar-refractivity contribution in [3.05, 3.63) is 28.2 Å². The van der Waals surface area contributed by atoms with Crippen molar-refractivity contribution in [2.24, 2.45) is 0 Å². The Balaban J connectivity index is 2.19. The number of amides is 2. The molecule has 4 nitrogen and oxygen atoms in total. The zero-order valence-electron chi connectivity index (χ0n) is 11.5. The molecule has 0 saturated carbocycles. The Hall–Kier alpha value is -1.70. The van der Waals surface area contributed by atoms with Crippen molar-refractivity contribution in [2.75, 3.05) is 11.4 Å². The van der Waals surface area contributed by atoms with Gasteiger partial charge < -0.3 is 10.2 Å². The minimum absolute atomic E-state index is 0.184. The summed E-state index contributed by atoms with van der Waals surface area (Å²) in [6.07, 6.45) is 1.37. The first-order valence-corrected chi connectivity index (χ1v) is 7.28. The fourth-order valence-corrected chi connectivity index (χ4v) is 2.77. The largest absolute Gasteiger partial charge is 0.333 e. The zero-order chi connectivity index (χ0) is 15.4. The third kappa shape index (κ3) is 3.69. The number of carbonyl (C=O) groups excluding carboxylic acids is 2. The van der Waals surface area contributed by atoms with Crippen LogP contribution in [0.1, 0.15) is 19.8 Å². The third-order valence-corrected chi connectivity index (χ3v) is 3.72. The Morgan fingerprint density at radius 3 is 2.86 bits per heavy atom. The second-order valence-electron chi connectivity index (χ2n) is 4.63. The van der Waals surface area contributed by atoms with Crippen LogP contribution in [0, 0.1) is 11.8 Å². The van der Waals surface area contributed by atoms with Gasteiger partial charge in [0.25, 0.3) is 5.91 Å². The number of benzene rings is 1. The maximum atomic E-state index is 12.5. The molecular formula is C15H14Cl2N2O2. The number of anilines is 1. The maximum Gasteiger partial charge on any atom is 0.296 e. The molecule has 1 atom stereocenters. The molecule has 1 saturated heterocycles. The van der Waals surface area contributed by atoms with Crippen LogP contribution in [0.2, 0.25) is 10.0 Å². The van der Waals surface area contributed by atoms with E-state index in [4.69, 9.17) is 23.2 Å². The van der Waals surface area contributed by atoms with E-state index in [1.54, 1.807) is 30.0 Å². The van der Waals surface area contributed by atoms with E-state index in [2.05, 4.69) is 17.2 Å². The van der Waals surface area contributed by atoms with Gasteiger partial charge in [-0.2, -0.15) is 0 Å². The van der Waals surface area contributed by atoms with Crippen LogP contribution in [0.4, 0.5) is 5.69 Å². The van der Waals surface area contributed by atoms with Gasteiger partial charge in [0, 0.05) is 11.6 Å². The molecule has 6 heteroatoms. The summed E-state index contributed by atoms with van der Waals surface area (Å²) in [6, 6.07) is 4.41. The van der Waals surface area contributed by atoms with Gasteiger partial charge in [0.1, 0.15) is 6.04 Å². The molecule has 110 valence electrons. The Bertz CT molecular complexity index is 634. The van der Waals surface area contributed by atoms with E-state index in [-0.39, 0.29) is 5.91 Å². The van der Waals surface area contributed by atoms with Gasteiger partial charge in [-0.1, -0.05) is 29.1 Å². The van der Waals surface area contributed by atoms with Gasteiger partial charge in [0.2, 0.25) is 5.91 Å². The maximum absolute atomic E-state index is 12.5. The predicted molar refractivity (Wildman–Crippen MR) is 83.4 cm³/mol. The number of hydrogen-bond donors (Lipinski definition) is 1. The molecule has 0 unspecified atom stereocenters. The van der Waals surface area contributed by atoms with Crippen molar-refractivity contribution in [2.45, 2.75) is 25.8 Å². The summed E-state index contributed by atoms with van der Waals surface area (Å²) >= 11 is 12.0. The smallest absolute Gasteiger partial charge is 0.296 e. The van der Waals surface area contributed by atoms with E-state index >= 15 is 0 Å². The molecule has 0 radical (unpaired) electrons. The highest BCUT2D eigenvalue weighted by Crippen LogP contribution is 2.31. The van der Waals surface area contributed by atoms with Crippen LogP contribution in [-0.2, 0) is 9.59 Å². The minimum atomic E-state index is -0.571. The van der Waals surface area contributed by atoms with Gasteiger partial charge in [-0.15, -0.1) is 0 Å². The van der Waals surface area contributed by atoms with Crippen LogP contribution in [0.15, 0.2) is 18.2 Å². The first-order valence-electron chi connectivity index (χ1n) is 6.52. The number of nitrogens with one attached hydrogen (secondary N) is 1. The molecule has 0 spiro atoms. The summed E-state index contributed by atoms with van der Waals surface area (Å²) in [7, 11) is 0. The highest BCUT2D eigenvalue weighted by atomic mass is 35.5. The lowest BCUT2D eigenvalue weighted by Gasteiger charge is -2.32. The molecule has 1 fully saturated rings. The lowest BCUT2D eigenvalue weighted by Crippen LogP contribution is -2.52. The van der Waals surface area contributed by atoms with E-state index < -0.39 is 11.9 Å². The quantitative estimate of drug-likeness (QED) is 0.850. The molecule has 1 aliphatic heterocycles. The Labute approximate surface area is 133 Å². The van der Waals surface area contributed by atoms with Gasteiger partial charge in [-0.05, 0) is 43.9 Å². The summed E-state index contributed by atoms with van der Waals surface area (Å²) in [5.74, 6) is 4.25. The summed E-state index contributed by atoms with van der Waals surface area (Å²) in [6.45, 7) is 2.13. The van der Waals surface area contributed by atoms with Gasteiger partial charge in [0.15, 0.2) is 0 Å². The minimum Gasteiger partial charge on any atom is -0.333 e. The summed E-state index contributed by atoms with van der Waals surface area (Å²) < 4.78 is 0. The van der Waals surface area contributed by atoms with Crippen molar-refractivity contribution in [1.82, 2.24) is 5.32 Å². The van der Waals surface area contributed by atoms with Gasteiger partial charge in [-0.25, -0.2) is 0 Å². The normalized spacial score (nSPS) is 18.0. The van der Waals surface area contributed by atoms with Crippen LogP contribution < -0.4 is 10.2 Å². The fourth-order valence-electron chi connectivity index (χ4n) is 2.26. The zero-order valence-corrected chi connectivity index (χ0v) is 13.0. The molecule has 1 aromatic rings. The molecule has 1 aliphatic rings. The highest BCUT2D eigenvalue weighted by molar-refractivity contribution is 6.36. The predicted octanol–water partition coefficient (Wildman–Crippen LogP) is 2.63. The van der Waals surface area contributed by atoms with Gasteiger partial charge in [0.05, 0.1) is 10.7 Å². The monoisotopic (exact) mass is 324 g/mol. The van der Waals surface area contributed by atoms with Crippen molar-refractivity contribution in [3.63, 3.8) is 0 Å². The lowest BCUT2D eigenvalue weighted by atomic mass is 10.0. The Morgan fingerprint density at radius 2 is 2.19 bits per heavy atom. The van der Waals surface area contributed by atoms with E-state index in [0.29, 0.717) is 28.7 Å². The number of rotatable bonds is 2. The fraction of sp³-hybridized carbons (Fsp3) is 0.333. The van der Waals surface area contributed by atoms with E-state index in [1.807, 2.05) is 0 Å². The average molecular weight is 325 g/mol. The Morgan fingerprint density at radius 1 is 1.43 bits per heavy atom. The molecule has 2 amide bonds. The molecule has 0 aromatic heterocycles. The average Bonchev–Trinajstić information content (AvgIpc) is 2.42. The van der Waals surface area contributed by atoms with Crippen molar-refractivity contribution in [1.29, 1.82) is 0 Å². The second kappa shape index (κ2) is 6.84. The van der Waals surface area contributed by atoms with Crippen molar-refractivity contribution < 1.29 is 9.59 Å². The highest BCUT2D eigenvalue weighted by Gasteiger charge is 2.31. The SMILES string of the molecule is CC#CC(=O)N[C@@H]1CCCN(c2ccc(Cl)cc2Cl)C1=O. The van der Waals surface area contributed by atoms with Crippen molar-refractivity contribution >= 4 is 40.7 Å². The molecule has 21 heavy (non-hydrogen) atoms.